The van der Waals surface area contributed by atoms with Gasteiger partial charge in [0.2, 0.25) is 0 Å². The van der Waals surface area contributed by atoms with Crippen LogP contribution in [0.1, 0.15) is 76.8 Å². The van der Waals surface area contributed by atoms with Crippen molar-refractivity contribution >= 4 is 16.3 Å². The minimum Gasteiger partial charge on any atom is -0.0744 e. The van der Waals surface area contributed by atoms with Crippen LogP contribution in [0.2, 0.25) is 0 Å². The van der Waals surface area contributed by atoms with Gasteiger partial charge in [-0.25, -0.2) is 0 Å². The van der Waals surface area contributed by atoms with E-state index in [1.54, 1.807) is 22.3 Å². The highest BCUT2D eigenvalue weighted by Crippen LogP contribution is 2.45. The lowest BCUT2D eigenvalue weighted by molar-refractivity contribution is 0.680. The molecule has 0 saturated heterocycles. The molecule has 0 aliphatic heterocycles. The number of fused-ring (bicyclic) bond motifs is 3. The highest BCUT2D eigenvalue weighted by Gasteiger charge is 2.25. The van der Waals surface area contributed by atoms with E-state index in [0.717, 1.165) is 0 Å². The van der Waals surface area contributed by atoms with E-state index in [1.807, 2.05) is 0 Å². The summed E-state index contributed by atoms with van der Waals surface area (Å²) in [6.07, 6.45) is 11.2. The van der Waals surface area contributed by atoms with Crippen molar-refractivity contribution in [3.05, 3.63) is 76.4 Å². The summed E-state index contributed by atoms with van der Waals surface area (Å²) in [5.41, 5.74) is 9.41. The van der Waals surface area contributed by atoms with Crippen molar-refractivity contribution in [1.82, 2.24) is 0 Å². The van der Waals surface area contributed by atoms with E-state index < -0.39 is 0 Å². The maximum absolute atomic E-state index is 2.59. The fourth-order valence-corrected chi connectivity index (χ4v) is 5.19. The number of hydrogen-bond donors (Lipinski definition) is 0. The Bertz CT molecular complexity index is 951. The van der Waals surface area contributed by atoms with Crippen molar-refractivity contribution in [2.24, 2.45) is 5.92 Å². The van der Waals surface area contributed by atoms with Crippen molar-refractivity contribution in [1.29, 1.82) is 0 Å². The number of benzene rings is 2. The number of rotatable bonds is 6. The Kier molecular flexibility index (Phi) is 5.08. The molecule has 0 amide bonds. The van der Waals surface area contributed by atoms with E-state index in [1.165, 1.54) is 54.0 Å². The third-order valence-electron chi connectivity index (χ3n) is 6.69. The molecule has 2 aliphatic rings. The lowest BCUT2D eigenvalue weighted by atomic mass is 9.89. The van der Waals surface area contributed by atoms with Crippen LogP contribution in [-0.2, 0) is 0 Å². The molecular weight excluding hydrogens is 324 g/mol. The Morgan fingerprint density at radius 2 is 1.74 bits per heavy atom. The van der Waals surface area contributed by atoms with E-state index in [2.05, 4.69) is 76.2 Å². The molecule has 0 heterocycles. The number of hydrogen-bond acceptors (Lipinski definition) is 0. The van der Waals surface area contributed by atoms with Gasteiger partial charge in [0.1, 0.15) is 0 Å². The molecule has 2 aromatic rings. The van der Waals surface area contributed by atoms with Gasteiger partial charge in [-0.15, -0.1) is 0 Å². The summed E-state index contributed by atoms with van der Waals surface area (Å²) in [4.78, 5) is 0. The first-order chi connectivity index (χ1) is 13.1. The second kappa shape index (κ2) is 7.50. The molecule has 4 rings (SSSR count). The molecule has 2 aliphatic carbocycles. The van der Waals surface area contributed by atoms with Crippen molar-refractivity contribution in [2.45, 2.75) is 65.7 Å². The molecule has 0 heteroatoms. The van der Waals surface area contributed by atoms with E-state index in [4.69, 9.17) is 0 Å². The van der Waals surface area contributed by atoms with Gasteiger partial charge in [0.05, 0.1) is 0 Å². The van der Waals surface area contributed by atoms with Crippen LogP contribution in [0.3, 0.4) is 0 Å². The minimum atomic E-state index is 0.580. The molecule has 0 saturated carbocycles. The van der Waals surface area contributed by atoms with Crippen LogP contribution >= 0.6 is 0 Å². The summed E-state index contributed by atoms with van der Waals surface area (Å²) in [6.45, 7) is 9.23. The van der Waals surface area contributed by atoms with Crippen LogP contribution in [0, 0.1) is 5.92 Å². The monoisotopic (exact) mass is 356 g/mol. The molecule has 0 spiro atoms. The molecule has 0 bridgehead atoms. The molecule has 0 fully saturated rings. The van der Waals surface area contributed by atoms with Crippen LogP contribution in [0.15, 0.2) is 65.3 Å². The molecule has 2 aromatic carbocycles. The van der Waals surface area contributed by atoms with Crippen molar-refractivity contribution in [3.8, 4) is 0 Å². The van der Waals surface area contributed by atoms with Gasteiger partial charge in [0, 0.05) is 5.92 Å². The average molecular weight is 357 g/mol. The third-order valence-corrected chi connectivity index (χ3v) is 6.69. The predicted molar refractivity (Wildman–Crippen MR) is 119 cm³/mol. The van der Waals surface area contributed by atoms with E-state index in [0.29, 0.717) is 11.8 Å². The van der Waals surface area contributed by atoms with Gasteiger partial charge in [0.25, 0.3) is 0 Å². The maximum atomic E-state index is 2.59. The van der Waals surface area contributed by atoms with Crippen molar-refractivity contribution in [2.75, 3.05) is 0 Å². The molecule has 0 nitrogen and oxygen atoms in total. The van der Waals surface area contributed by atoms with Crippen molar-refractivity contribution in [3.63, 3.8) is 0 Å². The SMILES string of the molecule is CCCC1=CC(CCCC2=C(C)C(C)C=C2C)c2c1ccc1ccccc21. The summed E-state index contributed by atoms with van der Waals surface area (Å²) in [6, 6.07) is 13.6. The zero-order valence-corrected chi connectivity index (χ0v) is 17.3. The first-order valence-corrected chi connectivity index (χ1v) is 10.7. The normalized spacial score (nSPS) is 21.6. The Balaban J connectivity index is 1.59. The van der Waals surface area contributed by atoms with Crippen LogP contribution in [0.4, 0.5) is 0 Å². The summed E-state index contributed by atoms with van der Waals surface area (Å²) in [7, 11) is 0. The quantitative estimate of drug-likeness (QED) is 0.489. The van der Waals surface area contributed by atoms with Gasteiger partial charge >= 0.3 is 0 Å². The molecule has 27 heavy (non-hydrogen) atoms. The second-order valence-corrected chi connectivity index (χ2v) is 8.49. The first-order valence-electron chi connectivity index (χ1n) is 10.7. The van der Waals surface area contributed by atoms with Gasteiger partial charge in [-0.1, -0.05) is 80.0 Å². The highest BCUT2D eigenvalue weighted by molar-refractivity contribution is 5.93. The Labute approximate surface area is 164 Å². The lowest BCUT2D eigenvalue weighted by Crippen LogP contribution is -1.97. The molecule has 2 atom stereocenters. The van der Waals surface area contributed by atoms with Gasteiger partial charge in [-0.2, -0.15) is 0 Å². The molecule has 0 N–H and O–H groups in total. The van der Waals surface area contributed by atoms with Crippen molar-refractivity contribution < 1.29 is 0 Å². The molecular formula is C27H32. The maximum Gasteiger partial charge on any atom is 0.00363 e. The standard InChI is InChI=1S/C27H32/c1-5-9-22-17-23(11-8-13-24-19(3)16-18(2)20(24)4)27-25-12-7-6-10-21(25)14-15-26(22)27/h6-7,10,12,14-18,23H,5,8-9,11,13H2,1-4H3. The second-order valence-electron chi connectivity index (χ2n) is 8.49. The number of allylic oxidation sites excluding steroid dienone is 6. The van der Waals surface area contributed by atoms with E-state index >= 15 is 0 Å². The summed E-state index contributed by atoms with van der Waals surface area (Å²) >= 11 is 0. The molecule has 2 unspecified atom stereocenters. The van der Waals surface area contributed by atoms with Gasteiger partial charge in [-0.05, 0) is 78.5 Å². The smallest absolute Gasteiger partial charge is 0.00363 e. The third kappa shape index (κ3) is 3.31. The average Bonchev–Trinajstić information content (AvgIpc) is 3.14. The highest BCUT2D eigenvalue weighted by atomic mass is 14.3. The summed E-state index contributed by atoms with van der Waals surface area (Å²) < 4.78 is 0. The van der Waals surface area contributed by atoms with Gasteiger partial charge < -0.3 is 0 Å². The van der Waals surface area contributed by atoms with E-state index in [-0.39, 0.29) is 0 Å². The first kappa shape index (κ1) is 18.3. The van der Waals surface area contributed by atoms with Gasteiger partial charge in [-0.3, -0.25) is 0 Å². The summed E-state index contributed by atoms with van der Waals surface area (Å²) in [5, 5.41) is 2.85. The van der Waals surface area contributed by atoms with Gasteiger partial charge in [0.15, 0.2) is 0 Å². The molecule has 0 aromatic heterocycles. The van der Waals surface area contributed by atoms with Crippen LogP contribution in [0.5, 0.6) is 0 Å². The lowest BCUT2D eigenvalue weighted by Gasteiger charge is -2.15. The van der Waals surface area contributed by atoms with Crippen LogP contribution in [-0.4, -0.2) is 0 Å². The van der Waals surface area contributed by atoms with Crippen LogP contribution in [0.25, 0.3) is 16.3 Å². The summed E-state index contributed by atoms with van der Waals surface area (Å²) in [5.74, 6) is 1.21. The fourth-order valence-electron chi connectivity index (χ4n) is 5.19. The predicted octanol–water partition coefficient (Wildman–Crippen LogP) is 8.20. The fraction of sp³-hybridized carbons (Fsp3) is 0.407. The molecule has 0 radical (unpaired) electrons. The largest absolute Gasteiger partial charge is 0.0744 e. The zero-order valence-electron chi connectivity index (χ0n) is 17.3. The Morgan fingerprint density at radius 3 is 2.48 bits per heavy atom. The zero-order chi connectivity index (χ0) is 19.0. The minimum absolute atomic E-state index is 0.580. The Morgan fingerprint density at radius 1 is 0.926 bits per heavy atom. The Hall–Kier alpha value is -2.08. The van der Waals surface area contributed by atoms with Crippen LogP contribution < -0.4 is 0 Å². The molecule has 140 valence electrons. The van der Waals surface area contributed by atoms with E-state index in [9.17, 15) is 0 Å². The topological polar surface area (TPSA) is 0 Å².